The van der Waals surface area contributed by atoms with Gasteiger partial charge in [0.15, 0.2) is 11.2 Å². The van der Waals surface area contributed by atoms with Crippen molar-refractivity contribution in [3.8, 4) is 11.1 Å². The van der Waals surface area contributed by atoms with Crippen LogP contribution in [0.4, 0.5) is 0 Å². The van der Waals surface area contributed by atoms with Crippen LogP contribution >= 0.6 is 0 Å². The van der Waals surface area contributed by atoms with Gasteiger partial charge in [-0.25, -0.2) is 0 Å². The van der Waals surface area contributed by atoms with Crippen LogP contribution in [0.15, 0.2) is 76.1 Å². The maximum atomic E-state index is 12.1. The van der Waals surface area contributed by atoms with E-state index in [9.17, 15) is 9.59 Å². The zero-order valence-corrected chi connectivity index (χ0v) is 13.3. The summed E-state index contributed by atoms with van der Waals surface area (Å²) < 4.78 is 5.15. The number of rotatable bonds is 4. The first-order valence-electron chi connectivity index (χ1n) is 7.66. The van der Waals surface area contributed by atoms with E-state index < -0.39 is 5.91 Å². The Kier molecular flexibility index (Phi) is 4.57. The normalized spacial score (nSPS) is 10.4. The highest BCUT2D eigenvalue weighted by molar-refractivity contribution is 5.92. The number of nitrogens with one attached hydrogen (secondary N) is 1. The molecule has 0 spiro atoms. The molecule has 2 aromatic carbocycles. The van der Waals surface area contributed by atoms with Gasteiger partial charge in [-0.1, -0.05) is 54.6 Å². The van der Waals surface area contributed by atoms with Gasteiger partial charge >= 0.3 is 0 Å². The fraction of sp³-hybridized carbons (Fsp3) is 0.100. The van der Waals surface area contributed by atoms with Crippen LogP contribution in [-0.4, -0.2) is 5.91 Å². The minimum Gasteiger partial charge on any atom is -0.459 e. The molecule has 1 amide bonds. The Morgan fingerprint density at radius 2 is 1.62 bits per heavy atom. The summed E-state index contributed by atoms with van der Waals surface area (Å²) in [7, 11) is 0. The molecule has 0 aliphatic rings. The van der Waals surface area contributed by atoms with Gasteiger partial charge in [-0.2, -0.15) is 0 Å². The van der Waals surface area contributed by atoms with E-state index in [0.717, 1.165) is 16.7 Å². The molecule has 0 saturated heterocycles. The molecule has 0 saturated carbocycles. The topological polar surface area (TPSA) is 59.3 Å². The zero-order valence-electron chi connectivity index (χ0n) is 13.3. The maximum Gasteiger partial charge on any atom is 0.287 e. The Hall–Kier alpha value is -3.14. The Balaban J connectivity index is 1.68. The summed E-state index contributed by atoms with van der Waals surface area (Å²) in [6.07, 6.45) is 1.24. The molecular weight excluding hydrogens is 302 g/mol. The van der Waals surface area contributed by atoms with Crippen molar-refractivity contribution in [2.24, 2.45) is 0 Å². The average molecular weight is 319 g/mol. The van der Waals surface area contributed by atoms with E-state index in [1.165, 1.54) is 12.3 Å². The third kappa shape index (κ3) is 3.43. The lowest BCUT2D eigenvalue weighted by Crippen LogP contribution is -2.25. The fourth-order valence-corrected chi connectivity index (χ4v) is 2.42. The molecule has 3 rings (SSSR count). The van der Waals surface area contributed by atoms with Gasteiger partial charge in [-0.05, 0) is 23.6 Å². The first-order valence-corrected chi connectivity index (χ1v) is 7.66. The molecule has 4 heteroatoms. The molecule has 0 fully saturated rings. The molecular formula is C20H17NO3. The minimum absolute atomic E-state index is 0.0587. The summed E-state index contributed by atoms with van der Waals surface area (Å²) in [5.41, 5.74) is 3.34. The van der Waals surface area contributed by atoms with Crippen molar-refractivity contribution in [3.63, 3.8) is 0 Å². The molecule has 0 unspecified atom stereocenters. The lowest BCUT2D eigenvalue weighted by molar-refractivity contribution is 0.0919. The second-order valence-corrected chi connectivity index (χ2v) is 5.48. The van der Waals surface area contributed by atoms with Crippen LogP contribution in [0.2, 0.25) is 0 Å². The highest BCUT2D eigenvalue weighted by atomic mass is 16.3. The number of hydrogen-bond donors (Lipinski definition) is 1. The van der Waals surface area contributed by atoms with Crippen molar-refractivity contribution in [2.75, 3.05) is 0 Å². The first-order chi connectivity index (χ1) is 11.6. The molecule has 3 aromatic rings. The second-order valence-electron chi connectivity index (χ2n) is 5.48. The van der Waals surface area contributed by atoms with Crippen molar-refractivity contribution in [1.29, 1.82) is 0 Å². The third-order valence-electron chi connectivity index (χ3n) is 3.84. The number of hydrogen-bond acceptors (Lipinski definition) is 3. The van der Waals surface area contributed by atoms with E-state index in [-0.39, 0.29) is 11.2 Å². The molecule has 1 aromatic heterocycles. The molecule has 24 heavy (non-hydrogen) atoms. The van der Waals surface area contributed by atoms with Crippen molar-refractivity contribution in [1.82, 2.24) is 5.32 Å². The van der Waals surface area contributed by atoms with Gasteiger partial charge in [0, 0.05) is 18.2 Å². The predicted octanol–water partition coefficient (Wildman–Crippen LogP) is 3.55. The smallest absolute Gasteiger partial charge is 0.287 e. The highest BCUT2D eigenvalue weighted by Gasteiger charge is 2.13. The molecule has 0 radical (unpaired) electrons. The summed E-state index contributed by atoms with van der Waals surface area (Å²) in [6.45, 7) is 1.95. The Morgan fingerprint density at radius 1 is 0.958 bits per heavy atom. The van der Waals surface area contributed by atoms with Crippen molar-refractivity contribution >= 4 is 5.91 Å². The summed E-state index contributed by atoms with van der Waals surface area (Å²) in [5.74, 6) is -0.333. The monoisotopic (exact) mass is 319 g/mol. The van der Waals surface area contributed by atoms with Crippen LogP contribution in [0.5, 0.6) is 0 Å². The summed E-state index contributed by atoms with van der Waals surface area (Å²) in [5, 5.41) is 2.77. The predicted molar refractivity (Wildman–Crippen MR) is 92.8 cm³/mol. The Labute approximate surface area is 139 Å². The van der Waals surface area contributed by atoms with Crippen molar-refractivity contribution in [3.05, 3.63) is 94.0 Å². The summed E-state index contributed by atoms with van der Waals surface area (Å²) >= 11 is 0. The Bertz CT molecular complexity index is 896. The minimum atomic E-state index is -0.391. The fourth-order valence-electron chi connectivity index (χ4n) is 2.42. The van der Waals surface area contributed by atoms with E-state index >= 15 is 0 Å². The van der Waals surface area contributed by atoms with E-state index in [1.54, 1.807) is 6.92 Å². The van der Waals surface area contributed by atoms with Gasteiger partial charge in [0.25, 0.3) is 5.91 Å². The first kappa shape index (κ1) is 15.7. The third-order valence-corrected chi connectivity index (χ3v) is 3.84. The number of carbonyl (C=O) groups is 1. The van der Waals surface area contributed by atoms with E-state index in [1.807, 2.05) is 42.5 Å². The SMILES string of the molecule is Cc1c(C(=O)NCc2ccc(-c3ccccc3)cc2)occc1=O. The highest BCUT2D eigenvalue weighted by Crippen LogP contribution is 2.19. The van der Waals surface area contributed by atoms with Crippen LogP contribution in [0.25, 0.3) is 11.1 Å². The number of benzene rings is 2. The standard InChI is InChI=1S/C20H17NO3/c1-14-18(22)11-12-24-19(14)20(23)21-13-15-7-9-17(10-8-15)16-5-3-2-4-6-16/h2-12H,13H2,1H3,(H,21,23). The Morgan fingerprint density at radius 3 is 2.33 bits per heavy atom. The van der Waals surface area contributed by atoms with Crippen LogP contribution in [0.1, 0.15) is 21.7 Å². The largest absolute Gasteiger partial charge is 0.459 e. The molecule has 120 valence electrons. The van der Waals surface area contributed by atoms with Crippen molar-refractivity contribution < 1.29 is 9.21 Å². The maximum absolute atomic E-state index is 12.1. The molecule has 0 atom stereocenters. The van der Waals surface area contributed by atoms with Gasteiger partial charge in [-0.3, -0.25) is 9.59 Å². The number of carbonyl (C=O) groups excluding carboxylic acids is 1. The lowest BCUT2D eigenvalue weighted by Gasteiger charge is -2.07. The average Bonchev–Trinajstić information content (AvgIpc) is 2.63. The van der Waals surface area contributed by atoms with Crippen LogP contribution in [0.3, 0.4) is 0 Å². The van der Waals surface area contributed by atoms with Gasteiger partial charge in [0.05, 0.1) is 6.26 Å². The van der Waals surface area contributed by atoms with E-state index in [0.29, 0.717) is 12.1 Å². The van der Waals surface area contributed by atoms with Crippen molar-refractivity contribution in [2.45, 2.75) is 13.5 Å². The van der Waals surface area contributed by atoms with Gasteiger partial charge in [-0.15, -0.1) is 0 Å². The zero-order chi connectivity index (χ0) is 16.9. The molecule has 1 N–H and O–H groups in total. The summed E-state index contributed by atoms with van der Waals surface area (Å²) in [4.78, 5) is 23.7. The van der Waals surface area contributed by atoms with Gasteiger partial charge in [0.1, 0.15) is 0 Å². The van der Waals surface area contributed by atoms with Crippen LogP contribution < -0.4 is 10.7 Å². The molecule has 4 nitrogen and oxygen atoms in total. The quantitative estimate of drug-likeness (QED) is 0.800. The van der Waals surface area contributed by atoms with E-state index in [2.05, 4.69) is 17.4 Å². The van der Waals surface area contributed by atoms with E-state index in [4.69, 9.17) is 4.42 Å². The molecule has 0 aliphatic heterocycles. The lowest BCUT2D eigenvalue weighted by atomic mass is 10.0. The van der Waals surface area contributed by atoms with Gasteiger partial charge in [0.2, 0.25) is 0 Å². The van der Waals surface area contributed by atoms with Crippen LogP contribution in [0, 0.1) is 6.92 Å². The molecule has 0 aliphatic carbocycles. The van der Waals surface area contributed by atoms with Gasteiger partial charge < -0.3 is 9.73 Å². The second kappa shape index (κ2) is 6.96. The molecule has 0 bridgehead atoms. The molecule has 1 heterocycles. The number of amides is 1. The summed E-state index contributed by atoms with van der Waals surface area (Å²) in [6, 6.07) is 19.4. The van der Waals surface area contributed by atoms with Crippen LogP contribution in [-0.2, 0) is 6.54 Å².